The average Bonchev–Trinajstić information content (AvgIpc) is 2.46. The van der Waals surface area contributed by atoms with Gasteiger partial charge in [0.2, 0.25) is 0 Å². The Morgan fingerprint density at radius 2 is 1.64 bits per heavy atom. The number of carbonyl (C=O) groups is 1. The highest BCUT2D eigenvalue weighted by Gasteiger charge is 2.35. The van der Waals surface area contributed by atoms with Crippen molar-refractivity contribution in [3.8, 4) is 0 Å². The first-order valence-electron chi connectivity index (χ1n) is 6.52. The van der Waals surface area contributed by atoms with Crippen molar-refractivity contribution < 1.29 is 22.4 Å². The second-order valence-electron chi connectivity index (χ2n) is 4.76. The van der Waals surface area contributed by atoms with Crippen molar-refractivity contribution >= 4 is 5.91 Å². The molecule has 0 aromatic heterocycles. The molecule has 0 bridgehead atoms. The van der Waals surface area contributed by atoms with Crippen LogP contribution in [0.5, 0.6) is 0 Å². The largest absolute Gasteiger partial charge is 0.417 e. The fourth-order valence-corrected chi connectivity index (χ4v) is 2.11. The van der Waals surface area contributed by atoms with Crippen LogP contribution >= 0.6 is 0 Å². The van der Waals surface area contributed by atoms with E-state index < -0.39 is 35.1 Å². The summed E-state index contributed by atoms with van der Waals surface area (Å²) in [5.74, 6) is -1.43. The van der Waals surface area contributed by atoms with Crippen molar-refractivity contribution in [2.24, 2.45) is 0 Å². The number of hydrogen-bond acceptors (Lipinski definition) is 1. The van der Waals surface area contributed by atoms with Crippen LogP contribution in [0.4, 0.5) is 17.6 Å². The number of amides is 1. The van der Waals surface area contributed by atoms with Gasteiger partial charge < -0.3 is 5.32 Å². The maximum absolute atomic E-state index is 13.6. The van der Waals surface area contributed by atoms with Crippen LogP contribution < -0.4 is 5.32 Å². The molecule has 116 valence electrons. The van der Waals surface area contributed by atoms with Crippen molar-refractivity contribution in [3.05, 3.63) is 71.0 Å². The highest BCUT2D eigenvalue weighted by atomic mass is 19.4. The smallest absolute Gasteiger partial charge is 0.345 e. The number of benzene rings is 2. The predicted molar refractivity (Wildman–Crippen MR) is 73.7 cm³/mol. The van der Waals surface area contributed by atoms with Gasteiger partial charge in [-0.3, -0.25) is 4.79 Å². The highest BCUT2D eigenvalue weighted by molar-refractivity contribution is 5.96. The molecule has 6 heteroatoms. The lowest BCUT2D eigenvalue weighted by Gasteiger charge is -2.17. The summed E-state index contributed by atoms with van der Waals surface area (Å²) in [7, 11) is 0. The molecule has 0 aliphatic carbocycles. The zero-order valence-corrected chi connectivity index (χ0v) is 11.6. The van der Waals surface area contributed by atoms with Crippen molar-refractivity contribution in [1.29, 1.82) is 0 Å². The SMILES string of the molecule is C[C@H](NC(=O)c1ccccc1C(F)(F)F)c1ccccc1F. The van der Waals surface area contributed by atoms with E-state index in [1.165, 1.54) is 37.3 Å². The van der Waals surface area contributed by atoms with Gasteiger partial charge in [-0.05, 0) is 25.1 Å². The maximum Gasteiger partial charge on any atom is 0.417 e. The summed E-state index contributed by atoms with van der Waals surface area (Å²) in [4.78, 5) is 12.1. The van der Waals surface area contributed by atoms with Gasteiger partial charge in [0.1, 0.15) is 5.82 Å². The van der Waals surface area contributed by atoms with E-state index in [1.807, 2.05) is 0 Å². The van der Waals surface area contributed by atoms with Crippen molar-refractivity contribution in [2.45, 2.75) is 19.1 Å². The molecule has 0 aliphatic heterocycles. The first-order valence-corrected chi connectivity index (χ1v) is 6.52. The van der Waals surface area contributed by atoms with Gasteiger partial charge >= 0.3 is 6.18 Å². The number of alkyl halides is 3. The molecule has 1 N–H and O–H groups in total. The van der Waals surface area contributed by atoms with Crippen LogP contribution in [0.1, 0.15) is 34.5 Å². The van der Waals surface area contributed by atoms with Crippen molar-refractivity contribution in [2.75, 3.05) is 0 Å². The third kappa shape index (κ3) is 3.44. The van der Waals surface area contributed by atoms with Gasteiger partial charge in [-0.25, -0.2) is 4.39 Å². The lowest BCUT2D eigenvalue weighted by Crippen LogP contribution is -2.29. The molecule has 1 amide bonds. The van der Waals surface area contributed by atoms with E-state index in [1.54, 1.807) is 6.07 Å². The summed E-state index contributed by atoms with van der Waals surface area (Å²) in [6.07, 6.45) is -4.63. The molecule has 1 atom stereocenters. The minimum atomic E-state index is -4.63. The Bertz CT molecular complexity index is 682. The summed E-state index contributed by atoms with van der Waals surface area (Å²) in [6, 6.07) is 9.50. The topological polar surface area (TPSA) is 29.1 Å². The average molecular weight is 311 g/mol. The van der Waals surface area contributed by atoms with Gasteiger partial charge in [-0.2, -0.15) is 13.2 Å². The van der Waals surface area contributed by atoms with E-state index in [9.17, 15) is 22.4 Å². The number of hydrogen-bond donors (Lipinski definition) is 1. The van der Waals surface area contributed by atoms with Crippen LogP contribution in [0.3, 0.4) is 0 Å². The zero-order chi connectivity index (χ0) is 16.3. The minimum Gasteiger partial charge on any atom is -0.345 e. The van der Waals surface area contributed by atoms with Crippen LogP contribution in [-0.4, -0.2) is 5.91 Å². The molecule has 2 aromatic rings. The van der Waals surface area contributed by atoms with Gasteiger partial charge in [0.05, 0.1) is 17.2 Å². The Morgan fingerprint density at radius 3 is 2.27 bits per heavy atom. The maximum atomic E-state index is 13.6. The predicted octanol–water partition coefficient (Wildman–Crippen LogP) is 4.34. The zero-order valence-electron chi connectivity index (χ0n) is 11.6. The van der Waals surface area contributed by atoms with Crippen molar-refractivity contribution in [3.63, 3.8) is 0 Å². The van der Waals surface area contributed by atoms with E-state index >= 15 is 0 Å². The van der Waals surface area contributed by atoms with Crippen LogP contribution in [0, 0.1) is 5.82 Å². The molecule has 2 rings (SSSR count). The Labute approximate surface area is 124 Å². The fraction of sp³-hybridized carbons (Fsp3) is 0.188. The normalized spacial score (nSPS) is 12.8. The molecule has 2 aromatic carbocycles. The number of carbonyl (C=O) groups excluding carboxylic acids is 1. The van der Waals surface area contributed by atoms with Crippen molar-refractivity contribution in [1.82, 2.24) is 5.32 Å². The van der Waals surface area contributed by atoms with Crippen LogP contribution in [-0.2, 0) is 6.18 Å². The molecule has 0 heterocycles. The third-order valence-electron chi connectivity index (χ3n) is 3.20. The van der Waals surface area contributed by atoms with Gasteiger partial charge in [-0.1, -0.05) is 30.3 Å². The first kappa shape index (κ1) is 16.0. The van der Waals surface area contributed by atoms with Crippen LogP contribution in [0.2, 0.25) is 0 Å². The number of nitrogens with one attached hydrogen (secondary N) is 1. The highest BCUT2D eigenvalue weighted by Crippen LogP contribution is 2.32. The van der Waals surface area contributed by atoms with E-state index in [2.05, 4.69) is 5.32 Å². The summed E-state index contributed by atoms with van der Waals surface area (Å²) in [5, 5.41) is 2.39. The second-order valence-corrected chi connectivity index (χ2v) is 4.76. The monoisotopic (exact) mass is 311 g/mol. The van der Waals surface area contributed by atoms with E-state index in [0.29, 0.717) is 0 Å². The lowest BCUT2D eigenvalue weighted by atomic mass is 10.0. The van der Waals surface area contributed by atoms with Gasteiger partial charge in [-0.15, -0.1) is 0 Å². The van der Waals surface area contributed by atoms with E-state index in [4.69, 9.17) is 0 Å². The molecule has 22 heavy (non-hydrogen) atoms. The fourth-order valence-electron chi connectivity index (χ4n) is 2.11. The molecule has 0 saturated heterocycles. The molecule has 2 nitrogen and oxygen atoms in total. The van der Waals surface area contributed by atoms with Crippen LogP contribution in [0.15, 0.2) is 48.5 Å². The molecule has 0 saturated carbocycles. The summed E-state index contributed by atoms with van der Waals surface area (Å²) in [6.45, 7) is 1.51. The van der Waals surface area contributed by atoms with Gasteiger partial charge in [0, 0.05) is 5.56 Å². The Balaban J connectivity index is 2.25. The quantitative estimate of drug-likeness (QED) is 0.840. The molecule has 0 fully saturated rings. The first-order chi connectivity index (χ1) is 10.3. The Kier molecular flexibility index (Phi) is 4.49. The Morgan fingerprint density at radius 1 is 1.05 bits per heavy atom. The summed E-state index contributed by atoms with van der Waals surface area (Å²) in [5.41, 5.74) is -1.30. The third-order valence-corrected chi connectivity index (χ3v) is 3.20. The molecular formula is C16H13F4NO. The lowest BCUT2D eigenvalue weighted by molar-refractivity contribution is -0.137. The van der Waals surface area contributed by atoms with Crippen LogP contribution in [0.25, 0.3) is 0 Å². The van der Waals surface area contributed by atoms with E-state index in [0.717, 1.165) is 12.1 Å². The minimum absolute atomic E-state index is 0.209. The number of rotatable bonds is 3. The van der Waals surface area contributed by atoms with Gasteiger partial charge in [0.15, 0.2) is 0 Å². The molecule has 0 spiro atoms. The van der Waals surface area contributed by atoms with Gasteiger partial charge in [0.25, 0.3) is 5.91 Å². The van der Waals surface area contributed by atoms with E-state index in [-0.39, 0.29) is 5.56 Å². The summed E-state index contributed by atoms with van der Waals surface area (Å²) < 4.78 is 52.3. The Hall–Kier alpha value is -2.37. The molecule has 0 radical (unpaired) electrons. The summed E-state index contributed by atoms with van der Waals surface area (Å²) >= 11 is 0. The molecular weight excluding hydrogens is 298 g/mol. The standard InChI is InChI=1S/C16H13F4NO/c1-10(11-6-3-5-9-14(11)17)21-15(22)12-7-2-4-8-13(12)16(18,19)20/h2-10H,1H3,(H,21,22)/t10-/m0/s1. The molecule has 0 unspecified atom stereocenters. The molecule has 0 aliphatic rings. The second kappa shape index (κ2) is 6.17. The number of halogens is 4.